The molecule has 0 spiro atoms. The van der Waals surface area contributed by atoms with Crippen LogP contribution in [0.2, 0.25) is 0 Å². The number of hydrogen-bond donors (Lipinski definition) is 0. The highest BCUT2D eigenvalue weighted by Crippen LogP contribution is 2.49. The lowest BCUT2D eigenvalue weighted by Gasteiger charge is -2.23. The Labute approximate surface area is 247 Å². The summed E-state index contributed by atoms with van der Waals surface area (Å²) < 4.78 is 0. The van der Waals surface area contributed by atoms with Gasteiger partial charge in [-0.25, -0.2) is 0 Å². The molecule has 204 valence electrons. The Hall–Kier alpha value is -4.42. The monoisotopic (exact) mass is 540 g/mol. The Balaban J connectivity index is 1.80. The summed E-state index contributed by atoms with van der Waals surface area (Å²) >= 11 is 0. The van der Waals surface area contributed by atoms with Crippen LogP contribution in [0.1, 0.15) is 52.7 Å². The van der Waals surface area contributed by atoms with Crippen molar-refractivity contribution < 1.29 is 0 Å². The highest BCUT2D eigenvalue weighted by atomic mass is 14.3. The average Bonchev–Trinajstić information content (AvgIpc) is 3.29. The van der Waals surface area contributed by atoms with Crippen LogP contribution in [0, 0.1) is 0 Å². The van der Waals surface area contributed by atoms with E-state index in [0.717, 1.165) is 0 Å². The predicted molar refractivity (Wildman–Crippen MR) is 186 cm³/mol. The second kappa shape index (κ2) is 8.55. The van der Waals surface area contributed by atoms with Gasteiger partial charge in [0.15, 0.2) is 0 Å². The Morgan fingerprint density at radius 2 is 0.571 bits per heavy atom. The standard InChI is InChI=1S/C42H36/c1-41(2,3)25-19-21-27-29-13-7-9-15-31-32-16-10-8-14-30-28-22-20-26(42(4,5)6)24-36(28)34-18-12-11-17-33(35(27)23-25)39(37(29)31)40(34)38(30)32/h7-24H,1-6H3. The van der Waals surface area contributed by atoms with Crippen LogP contribution in [0.15, 0.2) is 109 Å². The molecule has 0 aromatic heterocycles. The summed E-state index contributed by atoms with van der Waals surface area (Å²) in [4.78, 5) is 0. The van der Waals surface area contributed by atoms with Gasteiger partial charge in [-0.2, -0.15) is 0 Å². The fourth-order valence-corrected chi connectivity index (χ4v) is 7.31. The van der Waals surface area contributed by atoms with E-state index < -0.39 is 0 Å². The molecule has 42 heavy (non-hydrogen) atoms. The Kier molecular flexibility index (Phi) is 5.15. The van der Waals surface area contributed by atoms with Gasteiger partial charge < -0.3 is 0 Å². The summed E-state index contributed by atoms with van der Waals surface area (Å²) in [7, 11) is 0. The summed E-state index contributed by atoms with van der Waals surface area (Å²) in [5.41, 5.74) is 2.86. The smallest absolute Gasteiger partial charge is 0.000741 e. The van der Waals surface area contributed by atoms with E-state index in [1.54, 1.807) is 0 Å². The van der Waals surface area contributed by atoms with Gasteiger partial charge in [-0.3, -0.25) is 0 Å². The first-order valence-corrected chi connectivity index (χ1v) is 15.2. The van der Waals surface area contributed by atoms with Crippen molar-refractivity contribution in [2.45, 2.75) is 52.4 Å². The van der Waals surface area contributed by atoms with E-state index in [1.807, 2.05) is 0 Å². The lowest BCUT2D eigenvalue weighted by atomic mass is 9.81. The summed E-state index contributed by atoms with van der Waals surface area (Å²) in [6.45, 7) is 13.9. The Morgan fingerprint density at radius 3 is 0.881 bits per heavy atom. The molecular weight excluding hydrogens is 504 g/mol. The number of fused-ring (bicyclic) bond motifs is 7. The van der Waals surface area contributed by atoms with Gasteiger partial charge in [0.1, 0.15) is 0 Å². The lowest BCUT2D eigenvalue weighted by Crippen LogP contribution is -2.10. The SMILES string of the molecule is CC(C)(C)c1ccc2c(c1)c1ccccc3c4cc(C(C)(C)C)ccc4c4ccccc5c6ccccc2c6c1c3c45. The molecule has 0 radical (unpaired) electrons. The van der Waals surface area contributed by atoms with Crippen molar-refractivity contribution in [3.63, 3.8) is 0 Å². The molecule has 0 unspecified atom stereocenters. The van der Waals surface area contributed by atoms with Crippen LogP contribution >= 0.6 is 0 Å². The third kappa shape index (κ3) is 3.48. The van der Waals surface area contributed by atoms with E-state index in [2.05, 4.69) is 151 Å². The molecule has 8 aromatic rings. The molecule has 0 heteroatoms. The van der Waals surface area contributed by atoms with Gasteiger partial charge in [-0.05, 0) is 109 Å². The average molecular weight is 541 g/mol. The van der Waals surface area contributed by atoms with Gasteiger partial charge in [0.05, 0.1) is 0 Å². The summed E-state index contributed by atoms with van der Waals surface area (Å²) in [5, 5.41) is 18.7. The lowest BCUT2D eigenvalue weighted by molar-refractivity contribution is 0.591. The van der Waals surface area contributed by atoms with Crippen molar-refractivity contribution in [2.24, 2.45) is 0 Å². The number of rotatable bonds is 0. The zero-order valence-corrected chi connectivity index (χ0v) is 25.4. The number of hydrogen-bond acceptors (Lipinski definition) is 0. The van der Waals surface area contributed by atoms with E-state index in [9.17, 15) is 0 Å². The van der Waals surface area contributed by atoms with Crippen LogP contribution in [0.4, 0.5) is 0 Å². The molecule has 0 nitrogen and oxygen atoms in total. The highest BCUT2D eigenvalue weighted by molar-refractivity contribution is 6.46. The van der Waals surface area contributed by atoms with Crippen molar-refractivity contribution in [2.75, 3.05) is 0 Å². The van der Waals surface area contributed by atoms with Crippen molar-refractivity contribution in [1.29, 1.82) is 0 Å². The minimum absolute atomic E-state index is 0.0654. The third-order valence-electron chi connectivity index (χ3n) is 9.50. The molecule has 0 atom stereocenters. The van der Waals surface area contributed by atoms with Crippen LogP contribution in [-0.4, -0.2) is 0 Å². The fraction of sp³-hybridized carbons (Fsp3) is 0.190. The predicted octanol–water partition coefficient (Wildman–Crippen LogP) is 12.4. The molecule has 0 aliphatic heterocycles. The van der Waals surface area contributed by atoms with Gasteiger partial charge in [0.25, 0.3) is 0 Å². The van der Waals surface area contributed by atoms with Gasteiger partial charge >= 0.3 is 0 Å². The minimum Gasteiger partial charge on any atom is -0.0616 e. The molecule has 0 saturated carbocycles. The van der Waals surface area contributed by atoms with E-state index in [-0.39, 0.29) is 10.8 Å². The quantitative estimate of drug-likeness (QED) is 0.133. The zero-order chi connectivity index (χ0) is 29.0. The third-order valence-corrected chi connectivity index (χ3v) is 9.50. The highest BCUT2D eigenvalue weighted by Gasteiger charge is 2.22. The van der Waals surface area contributed by atoms with Gasteiger partial charge in [-0.15, -0.1) is 0 Å². The maximum absolute atomic E-state index is 2.46. The molecule has 8 aromatic carbocycles. The van der Waals surface area contributed by atoms with Crippen molar-refractivity contribution in [3.05, 3.63) is 120 Å². The maximum Gasteiger partial charge on any atom is -0.000741 e. The zero-order valence-electron chi connectivity index (χ0n) is 25.4. The second-order valence-electron chi connectivity index (χ2n) is 14.2. The minimum atomic E-state index is 0.0654. The van der Waals surface area contributed by atoms with Crippen molar-refractivity contribution >= 4 is 75.4 Å². The van der Waals surface area contributed by atoms with E-state index >= 15 is 0 Å². The van der Waals surface area contributed by atoms with Crippen LogP contribution < -0.4 is 0 Å². The van der Waals surface area contributed by atoms with Crippen LogP contribution in [0.5, 0.6) is 0 Å². The number of benzene rings is 5. The summed E-state index contributed by atoms with van der Waals surface area (Å²) in [5.74, 6) is 0. The molecule has 0 saturated heterocycles. The molecule has 0 aliphatic rings. The first-order chi connectivity index (χ1) is 20.1. The maximum atomic E-state index is 2.46. The van der Waals surface area contributed by atoms with Crippen molar-refractivity contribution in [3.8, 4) is 0 Å². The van der Waals surface area contributed by atoms with E-state index in [4.69, 9.17) is 0 Å². The Morgan fingerprint density at radius 1 is 0.286 bits per heavy atom. The summed E-state index contributed by atoms with van der Waals surface area (Å²) in [6.07, 6.45) is 0. The van der Waals surface area contributed by atoms with Crippen LogP contribution in [0.25, 0.3) is 75.4 Å². The molecule has 0 heterocycles. The largest absolute Gasteiger partial charge is 0.0616 e. The molecule has 0 amide bonds. The van der Waals surface area contributed by atoms with Gasteiger partial charge in [0.2, 0.25) is 0 Å². The van der Waals surface area contributed by atoms with Gasteiger partial charge in [0, 0.05) is 0 Å². The topological polar surface area (TPSA) is 0 Å². The van der Waals surface area contributed by atoms with Crippen LogP contribution in [0.3, 0.4) is 0 Å². The molecule has 8 rings (SSSR count). The summed E-state index contributed by atoms with van der Waals surface area (Å²) in [6, 6.07) is 41.7. The molecular formula is C42H36. The van der Waals surface area contributed by atoms with Gasteiger partial charge in [-0.1, -0.05) is 139 Å². The Bertz CT molecular complexity index is 2230. The van der Waals surface area contributed by atoms with Crippen LogP contribution in [-0.2, 0) is 10.8 Å². The first kappa shape index (κ1) is 25.3. The fourth-order valence-electron chi connectivity index (χ4n) is 7.31. The van der Waals surface area contributed by atoms with E-state index in [1.165, 1.54) is 86.5 Å². The first-order valence-electron chi connectivity index (χ1n) is 15.2. The second-order valence-corrected chi connectivity index (χ2v) is 14.2. The molecule has 0 bridgehead atoms. The molecule has 0 aliphatic carbocycles. The van der Waals surface area contributed by atoms with Crippen molar-refractivity contribution in [1.82, 2.24) is 0 Å². The molecule has 0 fully saturated rings. The normalized spacial score (nSPS) is 13.0. The van der Waals surface area contributed by atoms with E-state index in [0.29, 0.717) is 0 Å². The molecule has 0 N–H and O–H groups in total.